The Balaban J connectivity index is 1.41. The highest BCUT2D eigenvalue weighted by Gasteiger charge is 2.35. The van der Waals surface area contributed by atoms with E-state index in [2.05, 4.69) is 43.3 Å². The summed E-state index contributed by atoms with van der Waals surface area (Å²) in [6.07, 6.45) is 8.13. The molecular formula is C24H28O. The van der Waals surface area contributed by atoms with E-state index in [9.17, 15) is 4.79 Å². The third kappa shape index (κ3) is 3.29. The van der Waals surface area contributed by atoms with Crippen molar-refractivity contribution in [2.45, 2.75) is 57.8 Å². The summed E-state index contributed by atoms with van der Waals surface area (Å²) >= 11 is 0. The molecule has 0 N–H and O–H groups in total. The van der Waals surface area contributed by atoms with Crippen LogP contribution in [0.4, 0.5) is 0 Å². The highest BCUT2D eigenvalue weighted by Crippen LogP contribution is 2.42. The second kappa shape index (κ2) is 7.15. The maximum atomic E-state index is 12.9. The SMILES string of the molecule is CCc1ccc(C2CCC(C3CCc4ccccc4C3=O)CC2)cc1. The van der Waals surface area contributed by atoms with Crippen LogP contribution in [0.5, 0.6) is 0 Å². The number of rotatable bonds is 3. The Hall–Kier alpha value is -1.89. The third-order valence-electron chi connectivity index (χ3n) is 6.54. The molecule has 1 atom stereocenters. The first-order valence-corrected chi connectivity index (χ1v) is 9.97. The van der Waals surface area contributed by atoms with Crippen molar-refractivity contribution in [2.75, 3.05) is 0 Å². The Morgan fingerprint density at radius 2 is 1.60 bits per heavy atom. The molecule has 0 radical (unpaired) electrons. The molecule has 0 amide bonds. The molecule has 25 heavy (non-hydrogen) atoms. The number of carbonyl (C=O) groups excluding carboxylic acids is 1. The van der Waals surface area contributed by atoms with Gasteiger partial charge in [0, 0.05) is 11.5 Å². The Morgan fingerprint density at radius 3 is 2.32 bits per heavy atom. The van der Waals surface area contributed by atoms with Crippen LogP contribution in [0, 0.1) is 11.8 Å². The van der Waals surface area contributed by atoms with E-state index in [1.165, 1.54) is 42.4 Å². The molecule has 0 heterocycles. The lowest BCUT2D eigenvalue weighted by molar-refractivity contribution is 0.0813. The summed E-state index contributed by atoms with van der Waals surface area (Å²) in [5.74, 6) is 1.95. The number of carbonyl (C=O) groups is 1. The quantitative estimate of drug-likeness (QED) is 0.677. The molecule has 1 fully saturated rings. The summed E-state index contributed by atoms with van der Waals surface area (Å²) in [6.45, 7) is 2.21. The van der Waals surface area contributed by atoms with Crippen molar-refractivity contribution in [3.8, 4) is 0 Å². The minimum atomic E-state index is 0.262. The minimum Gasteiger partial charge on any atom is -0.294 e. The van der Waals surface area contributed by atoms with Crippen LogP contribution in [-0.4, -0.2) is 5.78 Å². The fourth-order valence-electron chi connectivity index (χ4n) is 4.95. The van der Waals surface area contributed by atoms with E-state index in [0.717, 1.165) is 24.8 Å². The van der Waals surface area contributed by atoms with Crippen LogP contribution in [0.1, 0.15) is 72.0 Å². The van der Waals surface area contributed by atoms with Crippen molar-refractivity contribution in [3.63, 3.8) is 0 Å². The first-order valence-electron chi connectivity index (χ1n) is 9.97. The Labute approximate surface area is 151 Å². The predicted molar refractivity (Wildman–Crippen MR) is 103 cm³/mol. The van der Waals surface area contributed by atoms with Crippen molar-refractivity contribution < 1.29 is 4.79 Å². The van der Waals surface area contributed by atoms with Crippen molar-refractivity contribution in [1.82, 2.24) is 0 Å². The minimum absolute atomic E-state index is 0.262. The highest BCUT2D eigenvalue weighted by atomic mass is 16.1. The van der Waals surface area contributed by atoms with Crippen LogP contribution >= 0.6 is 0 Å². The van der Waals surface area contributed by atoms with Gasteiger partial charge in [0.05, 0.1) is 0 Å². The number of fused-ring (bicyclic) bond motifs is 1. The molecule has 0 saturated heterocycles. The topological polar surface area (TPSA) is 17.1 Å². The molecule has 1 nitrogen and oxygen atoms in total. The second-order valence-electron chi connectivity index (χ2n) is 7.87. The van der Waals surface area contributed by atoms with E-state index in [1.54, 1.807) is 0 Å². The number of aryl methyl sites for hydroxylation is 2. The van der Waals surface area contributed by atoms with Gasteiger partial charge in [-0.15, -0.1) is 0 Å². The van der Waals surface area contributed by atoms with Crippen molar-refractivity contribution in [1.29, 1.82) is 0 Å². The van der Waals surface area contributed by atoms with Gasteiger partial charge in [-0.3, -0.25) is 4.79 Å². The number of benzene rings is 2. The first kappa shape index (κ1) is 16.6. The standard InChI is InChI=1S/C24H28O/c1-2-17-7-9-18(10-8-17)19-11-13-21(14-12-19)23-16-15-20-5-3-4-6-22(20)24(23)25/h3-10,19,21,23H,2,11-16H2,1H3. The molecule has 2 aromatic rings. The molecule has 1 heteroatoms. The number of hydrogen-bond donors (Lipinski definition) is 0. The third-order valence-corrected chi connectivity index (χ3v) is 6.54. The van der Waals surface area contributed by atoms with Gasteiger partial charge >= 0.3 is 0 Å². The van der Waals surface area contributed by atoms with Gasteiger partial charge in [0.2, 0.25) is 0 Å². The smallest absolute Gasteiger partial charge is 0.166 e. The average molecular weight is 332 g/mol. The number of Topliss-reactive ketones (excluding diaryl/α,β-unsaturated/α-hetero) is 1. The van der Waals surface area contributed by atoms with E-state index >= 15 is 0 Å². The molecule has 2 aliphatic carbocycles. The van der Waals surface area contributed by atoms with Gasteiger partial charge in [-0.1, -0.05) is 55.5 Å². The molecule has 0 bridgehead atoms. The van der Waals surface area contributed by atoms with E-state index < -0.39 is 0 Å². The van der Waals surface area contributed by atoms with Gasteiger partial charge in [-0.05, 0) is 73.5 Å². The Bertz CT molecular complexity index is 735. The van der Waals surface area contributed by atoms with E-state index in [4.69, 9.17) is 0 Å². The van der Waals surface area contributed by atoms with Crippen LogP contribution in [-0.2, 0) is 12.8 Å². The van der Waals surface area contributed by atoms with Gasteiger partial charge < -0.3 is 0 Å². The average Bonchev–Trinajstić information content (AvgIpc) is 2.69. The van der Waals surface area contributed by atoms with Crippen molar-refractivity contribution in [2.24, 2.45) is 11.8 Å². The molecular weight excluding hydrogens is 304 g/mol. The molecule has 1 unspecified atom stereocenters. The van der Waals surface area contributed by atoms with Gasteiger partial charge in [0.1, 0.15) is 0 Å². The molecule has 1 saturated carbocycles. The highest BCUT2D eigenvalue weighted by molar-refractivity contribution is 6.00. The van der Waals surface area contributed by atoms with E-state index in [-0.39, 0.29) is 5.92 Å². The normalized spacial score (nSPS) is 26.3. The summed E-state index contributed by atoms with van der Waals surface area (Å²) in [6, 6.07) is 17.4. The number of hydrogen-bond acceptors (Lipinski definition) is 1. The summed E-state index contributed by atoms with van der Waals surface area (Å²) in [5, 5.41) is 0. The maximum absolute atomic E-state index is 12.9. The summed E-state index contributed by atoms with van der Waals surface area (Å²) in [7, 11) is 0. The molecule has 2 aromatic carbocycles. The van der Waals surface area contributed by atoms with E-state index in [1.807, 2.05) is 12.1 Å². The van der Waals surface area contributed by atoms with Crippen molar-refractivity contribution >= 4 is 5.78 Å². The van der Waals surface area contributed by atoms with E-state index in [0.29, 0.717) is 17.6 Å². The van der Waals surface area contributed by atoms with Gasteiger partial charge in [0.25, 0.3) is 0 Å². The fraction of sp³-hybridized carbons (Fsp3) is 0.458. The summed E-state index contributed by atoms with van der Waals surface area (Å²) in [4.78, 5) is 12.9. The fourth-order valence-corrected chi connectivity index (χ4v) is 4.95. The van der Waals surface area contributed by atoms with Crippen LogP contribution < -0.4 is 0 Å². The monoisotopic (exact) mass is 332 g/mol. The molecule has 0 aromatic heterocycles. The predicted octanol–water partition coefficient (Wildman–Crippen LogP) is 5.97. The maximum Gasteiger partial charge on any atom is 0.166 e. The first-order chi connectivity index (χ1) is 12.3. The van der Waals surface area contributed by atoms with Gasteiger partial charge in [-0.2, -0.15) is 0 Å². The lowest BCUT2D eigenvalue weighted by Gasteiger charge is -2.35. The van der Waals surface area contributed by atoms with Crippen LogP contribution in [0.2, 0.25) is 0 Å². The zero-order valence-electron chi connectivity index (χ0n) is 15.2. The lowest BCUT2D eigenvalue weighted by Crippen LogP contribution is -2.31. The molecule has 0 aliphatic heterocycles. The Kier molecular flexibility index (Phi) is 4.74. The lowest BCUT2D eigenvalue weighted by atomic mass is 9.68. The van der Waals surface area contributed by atoms with Crippen LogP contribution in [0.25, 0.3) is 0 Å². The summed E-state index contributed by atoms with van der Waals surface area (Å²) in [5.41, 5.74) is 5.17. The van der Waals surface area contributed by atoms with Crippen LogP contribution in [0.15, 0.2) is 48.5 Å². The van der Waals surface area contributed by atoms with Crippen LogP contribution in [0.3, 0.4) is 0 Å². The molecule has 4 rings (SSSR count). The zero-order chi connectivity index (χ0) is 17.2. The largest absolute Gasteiger partial charge is 0.294 e. The van der Waals surface area contributed by atoms with Gasteiger partial charge in [0.15, 0.2) is 5.78 Å². The summed E-state index contributed by atoms with van der Waals surface area (Å²) < 4.78 is 0. The van der Waals surface area contributed by atoms with Gasteiger partial charge in [-0.25, -0.2) is 0 Å². The van der Waals surface area contributed by atoms with Crippen molar-refractivity contribution in [3.05, 3.63) is 70.8 Å². The Morgan fingerprint density at radius 1 is 0.880 bits per heavy atom. The molecule has 130 valence electrons. The number of ketones is 1. The molecule has 2 aliphatic rings. The molecule has 0 spiro atoms. The zero-order valence-corrected chi connectivity index (χ0v) is 15.2. The second-order valence-corrected chi connectivity index (χ2v) is 7.87.